The summed E-state index contributed by atoms with van der Waals surface area (Å²) in [5.41, 5.74) is 2.95. The minimum Gasteiger partial charge on any atom is -0.349 e. The summed E-state index contributed by atoms with van der Waals surface area (Å²) < 4.78 is 1.00. The first-order valence-corrected chi connectivity index (χ1v) is 9.88. The van der Waals surface area contributed by atoms with Gasteiger partial charge in [0.1, 0.15) is 0 Å². The summed E-state index contributed by atoms with van der Waals surface area (Å²) in [6.07, 6.45) is 0. The van der Waals surface area contributed by atoms with E-state index >= 15 is 0 Å². The molecule has 4 nitrogen and oxygen atoms in total. The zero-order valence-electron chi connectivity index (χ0n) is 14.2. The molecule has 2 amide bonds. The first-order valence-electron chi connectivity index (χ1n) is 7.93. The number of carbonyl (C=O) groups excluding carboxylic acids is 2. The van der Waals surface area contributed by atoms with Gasteiger partial charge in [0.2, 0.25) is 11.8 Å². The highest BCUT2D eigenvalue weighted by Crippen LogP contribution is 2.16. The molecule has 0 fully saturated rings. The molecule has 0 saturated carbocycles. The van der Waals surface area contributed by atoms with Crippen molar-refractivity contribution in [2.75, 3.05) is 16.8 Å². The minimum absolute atomic E-state index is 0.0671. The highest BCUT2D eigenvalue weighted by Gasteiger charge is 2.10. The van der Waals surface area contributed by atoms with Gasteiger partial charge < -0.3 is 10.6 Å². The summed E-state index contributed by atoms with van der Waals surface area (Å²) in [6, 6.07) is 15.4. The number of nitrogens with one attached hydrogen (secondary N) is 2. The molecular formula is C19H21BrN2O2S. The number of aryl methyl sites for hydroxylation is 1. The molecule has 1 unspecified atom stereocenters. The second-order valence-corrected chi connectivity index (χ2v) is 7.65. The van der Waals surface area contributed by atoms with Gasteiger partial charge in [0, 0.05) is 10.2 Å². The lowest BCUT2D eigenvalue weighted by molar-refractivity contribution is -0.119. The Bertz CT molecular complexity index is 717. The predicted octanol–water partition coefficient (Wildman–Crippen LogP) is 4.31. The Labute approximate surface area is 160 Å². The van der Waals surface area contributed by atoms with Crippen molar-refractivity contribution in [2.45, 2.75) is 19.9 Å². The zero-order chi connectivity index (χ0) is 18.2. The van der Waals surface area contributed by atoms with Crippen LogP contribution in [0.15, 0.2) is 53.0 Å². The molecule has 0 saturated heterocycles. The van der Waals surface area contributed by atoms with Crippen LogP contribution in [-0.4, -0.2) is 23.3 Å². The van der Waals surface area contributed by atoms with Gasteiger partial charge in [0.15, 0.2) is 0 Å². The molecular weight excluding hydrogens is 400 g/mol. The first kappa shape index (κ1) is 19.5. The van der Waals surface area contributed by atoms with Crippen LogP contribution in [0.3, 0.4) is 0 Å². The van der Waals surface area contributed by atoms with E-state index in [1.54, 1.807) is 0 Å². The van der Waals surface area contributed by atoms with Crippen molar-refractivity contribution in [3.8, 4) is 0 Å². The highest BCUT2D eigenvalue weighted by molar-refractivity contribution is 9.10. The molecule has 2 N–H and O–H groups in total. The van der Waals surface area contributed by atoms with E-state index < -0.39 is 0 Å². The third-order valence-electron chi connectivity index (χ3n) is 3.55. The average Bonchev–Trinajstić information content (AvgIpc) is 2.57. The number of benzene rings is 2. The van der Waals surface area contributed by atoms with Gasteiger partial charge in [0.05, 0.1) is 17.5 Å². The maximum Gasteiger partial charge on any atom is 0.234 e. The first-order chi connectivity index (χ1) is 11.9. The van der Waals surface area contributed by atoms with Gasteiger partial charge >= 0.3 is 0 Å². The lowest BCUT2D eigenvalue weighted by Gasteiger charge is -2.14. The van der Waals surface area contributed by atoms with Crippen LogP contribution in [0.4, 0.5) is 5.69 Å². The topological polar surface area (TPSA) is 58.2 Å². The molecule has 2 aromatic carbocycles. The summed E-state index contributed by atoms with van der Waals surface area (Å²) in [5, 5.41) is 5.76. The zero-order valence-corrected chi connectivity index (χ0v) is 16.6. The van der Waals surface area contributed by atoms with E-state index in [0.29, 0.717) is 0 Å². The van der Waals surface area contributed by atoms with E-state index in [1.807, 2.05) is 62.4 Å². The molecule has 0 spiro atoms. The molecule has 132 valence electrons. The van der Waals surface area contributed by atoms with Crippen molar-refractivity contribution in [1.82, 2.24) is 5.32 Å². The molecule has 0 aliphatic carbocycles. The molecule has 0 radical (unpaired) electrons. The number of rotatable bonds is 7. The fraction of sp³-hybridized carbons (Fsp3) is 0.263. The Morgan fingerprint density at radius 3 is 2.24 bits per heavy atom. The molecule has 25 heavy (non-hydrogen) atoms. The minimum atomic E-state index is -0.109. The Morgan fingerprint density at radius 2 is 1.60 bits per heavy atom. The van der Waals surface area contributed by atoms with Crippen LogP contribution in [0.5, 0.6) is 0 Å². The van der Waals surface area contributed by atoms with E-state index in [1.165, 1.54) is 11.8 Å². The summed E-state index contributed by atoms with van der Waals surface area (Å²) in [7, 11) is 0. The van der Waals surface area contributed by atoms with Crippen molar-refractivity contribution < 1.29 is 9.59 Å². The molecule has 0 aliphatic heterocycles. The number of thioether (sulfide) groups is 1. The van der Waals surface area contributed by atoms with E-state index in [0.717, 1.165) is 21.3 Å². The summed E-state index contributed by atoms with van der Waals surface area (Å²) >= 11 is 4.69. The van der Waals surface area contributed by atoms with Crippen LogP contribution in [0.1, 0.15) is 24.1 Å². The molecule has 2 aromatic rings. The van der Waals surface area contributed by atoms with Gasteiger partial charge in [-0.1, -0.05) is 45.8 Å². The third-order valence-corrected chi connectivity index (χ3v) is 5.01. The molecule has 2 rings (SSSR count). The van der Waals surface area contributed by atoms with Crippen LogP contribution in [-0.2, 0) is 9.59 Å². The van der Waals surface area contributed by atoms with Gasteiger partial charge in [-0.25, -0.2) is 0 Å². The Balaban J connectivity index is 1.70. The van der Waals surface area contributed by atoms with Crippen LogP contribution in [0.2, 0.25) is 0 Å². The normalized spacial score (nSPS) is 11.6. The van der Waals surface area contributed by atoms with Crippen LogP contribution >= 0.6 is 27.7 Å². The standard InChI is InChI=1S/C19H21BrN2O2S/c1-13-3-9-17(10-4-13)22-19(24)12-25-11-18(23)21-14(2)15-5-7-16(20)8-6-15/h3-10,14H,11-12H2,1-2H3,(H,21,23)(H,22,24). The summed E-state index contributed by atoms with van der Waals surface area (Å²) in [5.74, 6) is 0.307. The number of halogens is 1. The maximum atomic E-state index is 12.0. The van der Waals surface area contributed by atoms with Crippen molar-refractivity contribution in [3.63, 3.8) is 0 Å². The number of hydrogen-bond donors (Lipinski definition) is 2. The molecule has 0 aromatic heterocycles. The summed E-state index contributed by atoms with van der Waals surface area (Å²) in [6.45, 7) is 3.94. The Kier molecular flexibility index (Phi) is 7.52. The lowest BCUT2D eigenvalue weighted by Crippen LogP contribution is -2.28. The second kappa shape index (κ2) is 9.63. The van der Waals surface area contributed by atoms with Gasteiger partial charge in [-0.05, 0) is 43.7 Å². The Hall–Kier alpha value is -1.79. The summed E-state index contributed by atoms with van der Waals surface area (Å²) in [4.78, 5) is 23.9. The molecule has 1 atom stereocenters. The van der Waals surface area contributed by atoms with Gasteiger partial charge in [-0.15, -0.1) is 11.8 Å². The lowest BCUT2D eigenvalue weighted by atomic mass is 10.1. The van der Waals surface area contributed by atoms with Gasteiger partial charge in [0.25, 0.3) is 0 Å². The highest BCUT2D eigenvalue weighted by atomic mass is 79.9. The van der Waals surface area contributed by atoms with Crippen molar-refractivity contribution in [3.05, 3.63) is 64.1 Å². The average molecular weight is 421 g/mol. The molecule has 0 heterocycles. The van der Waals surface area contributed by atoms with Gasteiger partial charge in [-0.2, -0.15) is 0 Å². The van der Waals surface area contributed by atoms with E-state index in [9.17, 15) is 9.59 Å². The largest absolute Gasteiger partial charge is 0.349 e. The monoisotopic (exact) mass is 420 g/mol. The fourth-order valence-electron chi connectivity index (χ4n) is 2.19. The fourth-order valence-corrected chi connectivity index (χ4v) is 3.08. The smallest absolute Gasteiger partial charge is 0.234 e. The van der Waals surface area contributed by atoms with Crippen molar-refractivity contribution in [1.29, 1.82) is 0 Å². The van der Waals surface area contributed by atoms with Crippen LogP contribution in [0, 0.1) is 6.92 Å². The second-order valence-electron chi connectivity index (χ2n) is 5.75. The molecule has 6 heteroatoms. The molecule has 0 aliphatic rings. The van der Waals surface area contributed by atoms with E-state index in [-0.39, 0.29) is 29.4 Å². The quantitative estimate of drug-likeness (QED) is 0.701. The van der Waals surface area contributed by atoms with E-state index in [2.05, 4.69) is 26.6 Å². The van der Waals surface area contributed by atoms with Crippen molar-refractivity contribution in [2.24, 2.45) is 0 Å². The predicted molar refractivity (Wildman–Crippen MR) is 108 cm³/mol. The number of anilines is 1. The number of carbonyl (C=O) groups is 2. The maximum absolute atomic E-state index is 12.0. The number of hydrogen-bond acceptors (Lipinski definition) is 3. The molecule has 0 bridgehead atoms. The Morgan fingerprint density at radius 1 is 1.00 bits per heavy atom. The van der Waals surface area contributed by atoms with Crippen LogP contribution in [0.25, 0.3) is 0 Å². The van der Waals surface area contributed by atoms with Crippen LogP contribution < -0.4 is 10.6 Å². The van der Waals surface area contributed by atoms with Gasteiger partial charge in [-0.3, -0.25) is 9.59 Å². The van der Waals surface area contributed by atoms with E-state index in [4.69, 9.17) is 0 Å². The van der Waals surface area contributed by atoms with Crippen molar-refractivity contribution >= 4 is 45.2 Å². The third kappa shape index (κ3) is 6.92. The SMILES string of the molecule is Cc1ccc(NC(=O)CSCC(=O)NC(C)c2ccc(Br)cc2)cc1. The number of amides is 2.